The zero-order valence-electron chi connectivity index (χ0n) is 9.17. The Morgan fingerprint density at radius 1 is 1.41 bits per heavy atom. The Morgan fingerprint density at radius 3 is 2.71 bits per heavy atom. The van der Waals surface area contributed by atoms with Gasteiger partial charge in [-0.05, 0) is 24.6 Å². The number of benzene rings is 1. The van der Waals surface area contributed by atoms with Crippen LogP contribution in [0.4, 0.5) is 18.9 Å². The summed E-state index contributed by atoms with van der Waals surface area (Å²) >= 11 is 0. The van der Waals surface area contributed by atoms with Crippen LogP contribution in [0.15, 0.2) is 24.3 Å². The number of ether oxygens (including phenoxy) is 1. The van der Waals surface area contributed by atoms with E-state index in [0.29, 0.717) is 5.69 Å². The maximum absolute atomic E-state index is 11.7. The van der Waals surface area contributed by atoms with Gasteiger partial charge in [-0.2, -0.15) is 13.2 Å². The van der Waals surface area contributed by atoms with Gasteiger partial charge in [0.15, 0.2) is 0 Å². The lowest BCUT2D eigenvalue weighted by atomic mass is 10.2. The number of aryl methyl sites for hydroxylation is 1. The molecule has 0 aliphatic heterocycles. The molecule has 1 N–H and O–H groups in total. The van der Waals surface area contributed by atoms with Gasteiger partial charge in [-0.25, -0.2) is 0 Å². The molecule has 0 atom stereocenters. The van der Waals surface area contributed by atoms with Gasteiger partial charge < -0.3 is 10.1 Å². The Balaban J connectivity index is 2.35. The lowest BCUT2D eigenvalue weighted by Crippen LogP contribution is -2.23. The van der Waals surface area contributed by atoms with Gasteiger partial charge in [-0.15, -0.1) is 0 Å². The smallest absolute Gasteiger partial charge is 0.362 e. The van der Waals surface area contributed by atoms with Crippen LogP contribution in [0.1, 0.15) is 5.56 Å². The molecule has 0 radical (unpaired) electrons. The third-order valence-electron chi connectivity index (χ3n) is 1.80. The number of carbonyl (C=O) groups excluding carboxylic acids is 1. The van der Waals surface area contributed by atoms with Crippen LogP contribution < -0.4 is 5.32 Å². The highest BCUT2D eigenvalue weighted by Gasteiger charge is 2.27. The van der Waals surface area contributed by atoms with Gasteiger partial charge in [0.25, 0.3) is 0 Å². The molecule has 6 heteroatoms. The number of rotatable bonds is 4. The van der Waals surface area contributed by atoms with E-state index in [1.165, 1.54) is 0 Å². The predicted molar refractivity (Wildman–Crippen MR) is 56.7 cm³/mol. The summed E-state index contributed by atoms with van der Waals surface area (Å²) in [4.78, 5) is 11.2. The molecule has 0 spiro atoms. The monoisotopic (exact) mass is 247 g/mol. The van der Waals surface area contributed by atoms with Gasteiger partial charge >= 0.3 is 6.18 Å². The summed E-state index contributed by atoms with van der Waals surface area (Å²) in [6, 6.07) is 6.94. The molecular formula is C11H12F3NO2. The van der Waals surface area contributed by atoms with Crippen molar-refractivity contribution in [3.05, 3.63) is 29.8 Å². The Bertz CT molecular complexity index is 391. The van der Waals surface area contributed by atoms with Crippen molar-refractivity contribution in [2.75, 3.05) is 18.5 Å². The van der Waals surface area contributed by atoms with Gasteiger partial charge in [-0.3, -0.25) is 4.79 Å². The highest BCUT2D eigenvalue weighted by molar-refractivity contribution is 5.91. The van der Waals surface area contributed by atoms with Crippen molar-refractivity contribution in [2.24, 2.45) is 0 Å². The molecule has 3 nitrogen and oxygen atoms in total. The number of hydrogen-bond donors (Lipinski definition) is 1. The van der Waals surface area contributed by atoms with Gasteiger partial charge in [0.1, 0.15) is 13.2 Å². The summed E-state index contributed by atoms with van der Waals surface area (Å²) in [7, 11) is 0. The molecule has 0 fully saturated rings. The Kier molecular flexibility index (Phi) is 4.51. The molecule has 1 rings (SSSR count). The number of halogens is 3. The van der Waals surface area contributed by atoms with Gasteiger partial charge in [0.05, 0.1) is 0 Å². The van der Waals surface area contributed by atoms with E-state index < -0.39 is 25.3 Å². The number of alkyl halides is 3. The van der Waals surface area contributed by atoms with Crippen molar-refractivity contribution in [3.63, 3.8) is 0 Å². The van der Waals surface area contributed by atoms with Crippen molar-refractivity contribution in [1.82, 2.24) is 0 Å². The number of amides is 1. The standard InChI is InChI=1S/C11H12F3NO2/c1-8-3-2-4-9(5-8)15-10(16)6-17-7-11(12,13)14/h2-5H,6-7H2,1H3,(H,15,16). The van der Waals surface area contributed by atoms with Crippen molar-refractivity contribution in [2.45, 2.75) is 13.1 Å². The Labute approximate surface area is 96.6 Å². The average molecular weight is 247 g/mol. The number of carbonyl (C=O) groups is 1. The summed E-state index contributed by atoms with van der Waals surface area (Å²) in [5.74, 6) is -0.611. The minimum absolute atomic E-state index is 0.533. The van der Waals surface area contributed by atoms with Gasteiger partial charge in [0, 0.05) is 5.69 Å². The maximum atomic E-state index is 11.7. The van der Waals surface area contributed by atoms with E-state index in [9.17, 15) is 18.0 Å². The van der Waals surface area contributed by atoms with Crippen LogP contribution in [0.5, 0.6) is 0 Å². The molecule has 1 aromatic rings. The van der Waals surface area contributed by atoms with Crippen LogP contribution >= 0.6 is 0 Å². The third-order valence-corrected chi connectivity index (χ3v) is 1.80. The van der Waals surface area contributed by atoms with Crippen molar-refractivity contribution in [3.8, 4) is 0 Å². The summed E-state index contributed by atoms with van der Waals surface area (Å²) < 4.78 is 39.4. The highest BCUT2D eigenvalue weighted by atomic mass is 19.4. The topological polar surface area (TPSA) is 38.3 Å². The Hall–Kier alpha value is -1.56. The highest BCUT2D eigenvalue weighted by Crippen LogP contribution is 2.14. The second kappa shape index (κ2) is 5.67. The van der Waals surface area contributed by atoms with Crippen LogP contribution in [0.25, 0.3) is 0 Å². The minimum Gasteiger partial charge on any atom is -0.362 e. The average Bonchev–Trinajstić information content (AvgIpc) is 2.15. The first-order valence-corrected chi connectivity index (χ1v) is 4.88. The van der Waals surface area contributed by atoms with E-state index in [0.717, 1.165) is 5.56 Å². The fourth-order valence-corrected chi connectivity index (χ4v) is 1.18. The maximum Gasteiger partial charge on any atom is 0.411 e. The Morgan fingerprint density at radius 2 is 2.12 bits per heavy atom. The molecular weight excluding hydrogens is 235 g/mol. The third kappa shape index (κ3) is 5.91. The normalized spacial score (nSPS) is 11.3. The summed E-state index contributed by atoms with van der Waals surface area (Å²) in [5, 5.41) is 2.44. The predicted octanol–water partition coefficient (Wildman–Crippen LogP) is 2.51. The first-order chi connectivity index (χ1) is 7.87. The van der Waals surface area contributed by atoms with Gasteiger partial charge in [-0.1, -0.05) is 12.1 Å². The van der Waals surface area contributed by atoms with Crippen molar-refractivity contribution < 1.29 is 22.7 Å². The van der Waals surface area contributed by atoms with Crippen LogP contribution in [-0.2, 0) is 9.53 Å². The number of anilines is 1. The van der Waals surface area contributed by atoms with Gasteiger partial charge in [0.2, 0.25) is 5.91 Å². The molecule has 17 heavy (non-hydrogen) atoms. The fourth-order valence-electron chi connectivity index (χ4n) is 1.18. The van der Waals surface area contributed by atoms with Crippen LogP contribution in [-0.4, -0.2) is 25.3 Å². The lowest BCUT2D eigenvalue weighted by Gasteiger charge is -2.08. The molecule has 0 unspecified atom stereocenters. The van der Waals surface area contributed by atoms with E-state index in [1.807, 2.05) is 13.0 Å². The molecule has 0 aromatic heterocycles. The molecule has 0 saturated heterocycles. The minimum atomic E-state index is -4.41. The van der Waals surface area contributed by atoms with E-state index in [4.69, 9.17) is 0 Å². The number of hydrogen-bond acceptors (Lipinski definition) is 2. The summed E-state index contributed by atoms with van der Waals surface area (Å²) in [5.41, 5.74) is 1.48. The molecule has 94 valence electrons. The quantitative estimate of drug-likeness (QED) is 0.887. The van der Waals surface area contributed by atoms with E-state index in [2.05, 4.69) is 10.1 Å². The van der Waals surface area contributed by atoms with Crippen LogP contribution in [0.2, 0.25) is 0 Å². The largest absolute Gasteiger partial charge is 0.411 e. The second-order valence-corrected chi connectivity index (χ2v) is 3.53. The lowest BCUT2D eigenvalue weighted by molar-refractivity contribution is -0.174. The second-order valence-electron chi connectivity index (χ2n) is 3.53. The summed E-state index contributed by atoms with van der Waals surface area (Å²) in [6.07, 6.45) is -4.41. The zero-order valence-corrected chi connectivity index (χ0v) is 9.17. The van der Waals surface area contributed by atoms with E-state index >= 15 is 0 Å². The van der Waals surface area contributed by atoms with E-state index in [1.54, 1.807) is 18.2 Å². The van der Waals surface area contributed by atoms with Crippen molar-refractivity contribution >= 4 is 11.6 Å². The molecule has 0 aliphatic rings. The van der Waals surface area contributed by atoms with Crippen LogP contribution in [0, 0.1) is 6.92 Å². The molecule has 0 heterocycles. The molecule has 0 bridgehead atoms. The molecule has 1 amide bonds. The first-order valence-electron chi connectivity index (χ1n) is 4.88. The SMILES string of the molecule is Cc1cccc(NC(=O)COCC(F)(F)F)c1. The summed E-state index contributed by atoms with van der Waals surface area (Å²) in [6.45, 7) is -0.197. The van der Waals surface area contributed by atoms with E-state index in [-0.39, 0.29) is 0 Å². The fraction of sp³-hybridized carbons (Fsp3) is 0.364. The molecule has 0 aliphatic carbocycles. The molecule has 1 aromatic carbocycles. The van der Waals surface area contributed by atoms with Crippen molar-refractivity contribution in [1.29, 1.82) is 0 Å². The van der Waals surface area contributed by atoms with Crippen LogP contribution in [0.3, 0.4) is 0 Å². The zero-order chi connectivity index (χ0) is 12.9. The first kappa shape index (κ1) is 13.5. The molecule has 0 saturated carbocycles. The number of nitrogens with one attached hydrogen (secondary N) is 1.